The third kappa shape index (κ3) is 3.95. The van der Waals surface area contributed by atoms with Crippen LogP contribution in [-0.2, 0) is 0 Å². The number of carbonyl (C=O) groups excluding carboxylic acids is 1. The molecule has 1 fully saturated rings. The Morgan fingerprint density at radius 3 is 2.65 bits per heavy atom. The summed E-state index contributed by atoms with van der Waals surface area (Å²) < 4.78 is 0. The van der Waals surface area contributed by atoms with Gasteiger partial charge in [-0.25, -0.2) is 0 Å². The fraction of sp³-hybridized carbons (Fsp3) is 0.533. The lowest BCUT2D eigenvalue weighted by Crippen LogP contribution is -2.45. The molecule has 0 spiro atoms. The number of Topliss-reactive ketones (excluding diaryl/α,β-unsaturated/α-hetero) is 1. The first-order chi connectivity index (χ1) is 9.61. The Morgan fingerprint density at radius 1 is 1.35 bits per heavy atom. The van der Waals surface area contributed by atoms with E-state index in [0.717, 1.165) is 32.5 Å². The summed E-state index contributed by atoms with van der Waals surface area (Å²) in [6.45, 7) is 5.44. The van der Waals surface area contributed by atoms with Crippen molar-refractivity contribution in [3.8, 4) is 0 Å². The molecule has 110 valence electrons. The summed E-state index contributed by atoms with van der Waals surface area (Å²) in [7, 11) is 0. The van der Waals surface area contributed by atoms with Crippen molar-refractivity contribution in [2.24, 2.45) is 0 Å². The predicted molar refractivity (Wildman–Crippen MR) is 83.9 cm³/mol. The van der Waals surface area contributed by atoms with Gasteiger partial charge in [-0.05, 0) is 50.7 Å². The Morgan fingerprint density at radius 2 is 2.05 bits per heavy atom. The second kappa shape index (κ2) is 7.41. The quantitative estimate of drug-likeness (QED) is 0.847. The number of benzene rings is 1. The van der Waals surface area contributed by atoms with Gasteiger partial charge >= 0.3 is 0 Å². The van der Waals surface area contributed by atoms with E-state index in [9.17, 15) is 4.79 Å². The Kier molecular flexibility index (Phi) is 5.85. The highest BCUT2D eigenvalue weighted by molar-refractivity contribution is 6.36. The number of likely N-dealkylation sites (N-methyl/N-ethyl adjacent to an activating group) is 1. The third-order valence-corrected chi connectivity index (χ3v) is 4.36. The molecule has 0 unspecified atom stereocenters. The summed E-state index contributed by atoms with van der Waals surface area (Å²) in [4.78, 5) is 14.6. The SMILES string of the molecule is CCN(CC(=O)c1ccc(Cl)cc1Cl)C1CCNCC1. The molecule has 0 aromatic heterocycles. The minimum atomic E-state index is 0.0621. The van der Waals surface area contributed by atoms with E-state index in [2.05, 4.69) is 17.1 Å². The first-order valence-electron chi connectivity index (χ1n) is 7.05. The van der Waals surface area contributed by atoms with E-state index < -0.39 is 0 Å². The second-order valence-corrected chi connectivity index (χ2v) is 5.94. The van der Waals surface area contributed by atoms with E-state index in [1.807, 2.05) is 0 Å². The van der Waals surface area contributed by atoms with Crippen molar-refractivity contribution in [2.45, 2.75) is 25.8 Å². The molecule has 20 heavy (non-hydrogen) atoms. The topological polar surface area (TPSA) is 32.3 Å². The molecule has 1 heterocycles. The van der Waals surface area contributed by atoms with Gasteiger partial charge in [-0.2, -0.15) is 0 Å². The molecular weight excluding hydrogens is 295 g/mol. The average molecular weight is 315 g/mol. The number of halogens is 2. The van der Waals surface area contributed by atoms with Gasteiger partial charge in [0.05, 0.1) is 11.6 Å². The normalized spacial score (nSPS) is 16.6. The van der Waals surface area contributed by atoms with E-state index >= 15 is 0 Å². The van der Waals surface area contributed by atoms with Gasteiger partial charge in [0.25, 0.3) is 0 Å². The lowest BCUT2D eigenvalue weighted by molar-refractivity contribution is 0.0874. The summed E-state index contributed by atoms with van der Waals surface area (Å²) >= 11 is 12.0. The number of piperidine rings is 1. The van der Waals surface area contributed by atoms with Crippen molar-refractivity contribution in [1.29, 1.82) is 0 Å². The fourth-order valence-corrected chi connectivity index (χ4v) is 3.17. The second-order valence-electron chi connectivity index (χ2n) is 5.09. The molecule has 0 atom stereocenters. The van der Waals surface area contributed by atoms with Gasteiger partial charge in [-0.3, -0.25) is 9.69 Å². The van der Waals surface area contributed by atoms with Crippen LogP contribution in [0.1, 0.15) is 30.1 Å². The minimum absolute atomic E-state index is 0.0621. The summed E-state index contributed by atoms with van der Waals surface area (Å²) in [5, 5.41) is 4.33. The molecule has 3 nitrogen and oxygen atoms in total. The number of nitrogens with one attached hydrogen (secondary N) is 1. The van der Waals surface area contributed by atoms with Crippen molar-refractivity contribution in [2.75, 3.05) is 26.2 Å². The van der Waals surface area contributed by atoms with E-state index in [4.69, 9.17) is 23.2 Å². The van der Waals surface area contributed by atoms with E-state index in [0.29, 0.717) is 28.2 Å². The lowest BCUT2D eigenvalue weighted by atomic mass is 10.0. The van der Waals surface area contributed by atoms with Crippen LogP contribution in [0.5, 0.6) is 0 Å². The van der Waals surface area contributed by atoms with Crippen LogP contribution >= 0.6 is 23.2 Å². The van der Waals surface area contributed by atoms with Crippen LogP contribution in [0.3, 0.4) is 0 Å². The highest BCUT2D eigenvalue weighted by Crippen LogP contribution is 2.22. The highest BCUT2D eigenvalue weighted by Gasteiger charge is 2.22. The predicted octanol–water partition coefficient (Wildman–Crippen LogP) is 3.25. The number of hydrogen-bond donors (Lipinski definition) is 1. The van der Waals surface area contributed by atoms with E-state index in [1.165, 1.54) is 0 Å². The third-order valence-electron chi connectivity index (χ3n) is 3.81. The number of nitrogens with zero attached hydrogens (tertiary/aromatic N) is 1. The molecule has 0 radical (unpaired) electrons. The number of hydrogen-bond acceptors (Lipinski definition) is 3. The van der Waals surface area contributed by atoms with Crippen LogP contribution in [0.2, 0.25) is 10.0 Å². The Hall–Kier alpha value is -0.610. The van der Waals surface area contributed by atoms with Gasteiger partial charge in [-0.15, -0.1) is 0 Å². The molecule has 2 rings (SSSR count). The maximum absolute atomic E-state index is 12.4. The number of carbonyl (C=O) groups is 1. The molecule has 5 heteroatoms. The minimum Gasteiger partial charge on any atom is -0.317 e. The molecule has 0 saturated carbocycles. The first kappa shape index (κ1) is 15.8. The monoisotopic (exact) mass is 314 g/mol. The molecular formula is C15H20Cl2N2O. The number of ketones is 1. The zero-order valence-electron chi connectivity index (χ0n) is 11.7. The Labute approximate surface area is 130 Å². The average Bonchev–Trinajstić information content (AvgIpc) is 2.45. The first-order valence-corrected chi connectivity index (χ1v) is 7.80. The van der Waals surface area contributed by atoms with Crippen molar-refractivity contribution in [1.82, 2.24) is 10.2 Å². The van der Waals surface area contributed by atoms with Gasteiger partial charge in [-0.1, -0.05) is 30.1 Å². The summed E-state index contributed by atoms with van der Waals surface area (Å²) in [5.74, 6) is 0.0621. The Balaban J connectivity index is 2.04. The maximum Gasteiger partial charge on any atom is 0.178 e. The standard InChI is InChI=1S/C15H20Cl2N2O/c1-2-19(12-5-7-18-8-6-12)10-15(20)13-4-3-11(16)9-14(13)17/h3-4,9,12,18H,2,5-8,10H2,1H3. The fourth-order valence-electron chi connectivity index (χ4n) is 2.66. The van der Waals surface area contributed by atoms with Crippen molar-refractivity contribution >= 4 is 29.0 Å². The molecule has 1 aliphatic heterocycles. The highest BCUT2D eigenvalue weighted by atomic mass is 35.5. The molecule has 0 bridgehead atoms. The van der Waals surface area contributed by atoms with E-state index in [-0.39, 0.29) is 5.78 Å². The van der Waals surface area contributed by atoms with Gasteiger partial charge in [0.1, 0.15) is 0 Å². The zero-order chi connectivity index (χ0) is 14.5. The summed E-state index contributed by atoms with van der Waals surface area (Å²) in [5.41, 5.74) is 0.559. The molecule has 1 aromatic rings. The molecule has 0 aliphatic carbocycles. The Bertz CT molecular complexity index is 473. The molecule has 1 aliphatic rings. The van der Waals surface area contributed by atoms with Crippen LogP contribution in [0, 0.1) is 0 Å². The van der Waals surface area contributed by atoms with Crippen LogP contribution in [0.15, 0.2) is 18.2 Å². The van der Waals surface area contributed by atoms with Gasteiger partial charge < -0.3 is 5.32 Å². The smallest absolute Gasteiger partial charge is 0.178 e. The number of rotatable bonds is 5. The van der Waals surface area contributed by atoms with Gasteiger partial charge in [0.15, 0.2) is 5.78 Å². The van der Waals surface area contributed by atoms with Crippen LogP contribution in [-0.4, -0.2) is 42.9 Å². The largest absolute Gasteiger partial charge is 0.317 e. The molecule has 0 amide bonds. The van der Waals surface area contributed by atoms with Crippen LogP contribution in [0.25, 0.3) is 0 Å². The van der Waals surface area contributed by atoms with Crippen LogP contribution < -0.4 is 5.32 Å². The summed E-state index contributed by atoms with van der Waals surface area (Å²) in [6.07, 6.45) is 2.19. The zero-order valence-corrected chi connectivity index (χ0v) is 13.2. The van der Waals surface area contributed by atoms with Gasteiger partial charge in [0, 0.05) is 16.6 Å². The van der Waals surface area contributed by atoms with E-state index in [1.54, 1.807) is 18.2 Å². The van der Waals surface area contributed by atoms with Crippen molar-refractivity contribution in [3.05, 3.63) is 33.8 Å². The maximum atomic E-state index is 12.4. The molecule has 1 saturated heterocycles. The molecule has 1 aromatic carbocycles. The lowest BCUT2D eigenvalue weighted by Gasteiger charge is -2.33. The molecule has 1 N–H and O–H groups in total. The van der Waals surface area contributed by atoms with Crippen LogP contribution in [0.4, 0.5) is 0 Å². The van der Waals surface area contributed by atoms with Crippen molar-refractivity contribution in [3.63, 3.8) is 0 Å². The summed E-state index contributed by atoms with van der Waals surface area (Å²) in [6, 6.07) is 5.53. The van der Waals surface area contributed by atoms with Gasteiger partial charge in [0.2, 0.25) is 0 Å². The van der Waals surface area contributed by atoms with Crippen molar-refractivity contribution < 1.29 is 4.79 Å².